The Morgan fingerprint density at radius 3 is 2.80 bits per heavy atom. The fraction of sp³-hybridized carbons (Fsp3) is 0.357. The van der Waals surface area contributed by atoms with E-state index < -0.39 is 0 Å². The standard InChI is InChI=1S/C14H14Cl2N2O2/c15-9-5-10-13(18-11(6-19)17-10)14(12(9)16)20-7-8-3-1-2-4-8/h1-2,5,8,19H,3-4,6-7H2,(H,17,18). The van der Waals surface area contributed by atoms with Gasteiger partial charge in [-0.25, -0.2) is 4.98 Å². The number of aliphatic hydroxyl groups excluding tert-OH is 1. The zero-order chi connectivity index (χ0) is 14.1. The van der Waals surface area contributed by atoms with E-state index in [1.807, 2.05) is 0 Å². The molecule has 2 N–H and O–H groups in total. The van der Waals surface area contributed by atoms with E-state index in [0.717, 1.165) is 12.8 Å². The maximum Gasteiger partial charge on any atom is 0.167 e. The summed E-state index contributed by atoms with van der Waals surface area (Å²) in [5.74, 6) is 1.42. The zero-order valence-corrected chi connectivity index (χ0v) is 12.2. The van der Waals surface area contributed by atoms with E-state index in [0.29, 0.717) is 45.2 Å². The van der Waals surface area contributed by atoms with Crippen LogP contribution in [-0.4, -0.2) is 21.7 Å². The molecule has 0 saturated heterocycles. The van der Waals surface area contributed by atoms with Gasteiger partial charge in [0, 0.05) is 0 Å². The van der Waals surface area contributed by atoms with Gasteiger partial charge in [-0.15, -0.1) is 0 Å². The Kier molecular flexibility index (Phi) is 3.87. The molecule has 1 aromatic heterocycles. The second kappa shape index (κ2) is 5.64. The predicted octanol–water partition coefficient (Wildman–Crippen LogP) is 3.71. The predicted molar refractivity (Wildman–Crippen MR) is 79.4 cm³/mol. The van der Waals surface area contributed by atoms with Gasteiger partial charge in [0.25, 0.3) is 0 Å². The summed E-state index contributed by atoms with van der Waals surface area (Å²) in [5.41, 5.74) is 1.32. The summed E-state index contributed by atoms with van der Waals surface area (Å²) >= 11 is 12.3. The Bertz CT molecular complexity index is 659. The van der Waals surface area contributed by atoms with Crippen molar-refractivity contribution in [1.82, 2.24) is 9.97 Å². The van der Waals surface area contributed by atoms with Crippen LogP contribution in [0.1, 0.15) is 18.7 Å². The van der Waals surface area contributed by atoms with Crippen LogP contribution in [0.15, 0.2) is 18.2 Å². The first-order valence-electron chi connectivity index (χ1n) is 6.44. The van der Waals surface area contributed by atoms with Crippen LogP contribution in [-0.2, 0) is 6.61 Å². The first-order chi connectivity index (χ1) is 9.69. The Labute approximate surface area is 126 Å². The van der Waals surface area contributed by atoms with Crippen molar-refractivity contribution >= 4 is 34.2 Å². The molecule has 6 heteroatoms. The third-order valence-electron chi connectivity index (χ3n) is 3.39. The highest BCUT2D eigenvalue weighted by Gasteiger charge is 2.18. The highest BCUT2D eigenvalue weighted by Crippen LogP contribution is 2.38. The van der Waals surface area contributed by atoms with Crippen molar-refractivity contribution in [3.63, 3.8) is 0 Å². The number of ether oxygens (including phenoxy) is 1. The van der Waals surface area contributed by atoms with E-state index in [4.69, 9.17) is 33.0 Å². The minimum atomic E-state index is -0.171. The molecule has 106 valence electrons. The highest BCUT2D eigenvalue weighted by molar-refractivity contribution is 6.44. The third-order valence-corrected chi connectivity index (χ3v) is 4.16. The number of allylic oxidation sites excluding steroid dienone is 2. The van der Waals surface area contributed by atoms with Crippen LogP contribution in [0, 0.1) is 5.92 Å². The average molecular weight is 313 g/mol. The zero-order valence-electron chi connectivity index (χ0n) is 10.7. The van der Waals surface area contributed by atoms with Gasteiger partial charge < -0.3 is 14.8 Å². The minimum absolute atomic E-state index is 0.171. The van der Waals surface area contributed by atoms with Crippen molar-refractivity contribution < 1.29 is 9.84 Å². The monoisotopic (exact) mass is 312 g/mol. The first-order valence-corrected chi connectivity index (χ1v) is 7.20. The number of aromatic nitrogens is 2. The van der Waals surface area contributed by atoms with Crippen LogP contribution < -0.4 is 4.74 Å². The fourth-order valence-corrected chi connectivity index (χ4v) is 2.73. The van der Waals surface area contributed by atoms with Gasteiger partial charge in [-0.1, -0.05) is 35.4 Å². The van der Waals surface area contributed by atoms with Crippen molar-refractivity contribution in [1.29, 1.82) is 0 Å². The summed E-state index contributed by atoms with van der Waals surface area (Å²) in [4.78, 5) is 7.27. The van der Waals surface area contributed by atoms with Crippen LogP contribution in [0.2, 0.25) is 10.0 Å². The number of aromatic amines is 1. The number of nitrogens with zero attached hydrogens (tertiary/aromatic N) is 1. The summed E-state index contributed by atoms with van der Waals surface area (Å²) in [7, 11) is 0. The number of H-pyrrole nitrogens is 1. The van der Waals surface area contributed by atoms with Crippen LogP contribution in [0.3, 0.4) is 0 Å². The van der Waals surface area contributed by atoms with Gasteiger partial charge in [0.2, 0.25) is 0 Å². The number of halogens is 2. The van der Waals surface area contributed by atoms with Crippen LogP contribution in [0.25, 0.3) is 11.0 Å². The fourth-order valence-electron chi connectivity index (χ4n) is 2.34. The van der Waals surface area contributed by atoms with Crippen LogP contribution in [0.4, 0.5) is 0 Å². The number of hydrogen-bond donors (Lipinski definition) is 2. The van der Waals surface area contributed by atoms with E-state index >= 15 is 0 Å². The number of benzene rings is 1. The minimum Gasteiger partial charge on any atom is -0.489 e. The van der Waals surface area contributed by atoms with Crippen molar-refractivity contribution in [3.05, 3.63) is 34.1 Å². The lowest BCUT2D eigenvalue weighted by molar-refractivity contribution is 0.258. The Balaban J connectivity index is 1.93. The largest absolute Gasteiger partial charge is 0.489 e. The quantitative estimate of drug-likeness (QED) is 0.846. The number of aliphatic hydroxyl groups is 1. The van der Waals surface area contributed by atoms with E-state index in [9.17, 15) is 0 Å². The lowest BCUT2D eigenvalue weighted by Gasteiger charge is -2.13. The summed E-state index contributed by atoms with van der Waals surface area (Å²) in [5, 5.41) is 9.93. The van der Waals surface area contributed by atoms with Crippen molar-refractivity contribution in [2.75, 3.05) is 6.61 Å². The normalized spacial score (nSPS) is 15.3. The van der Waals surface area contributed by atoms with Crippen LogP contribution in [0.5, 0.6) is 5.75 Å². The van der Waals surface area contributed by atoms with Gasteiger partial charge >= 0.3 is 0 Å². The molecule has 1 aliphatic rings. The molecule has 4 nitrogen and oxygen atoms in total. The van der Waals surface area contributed by atoms with Crippen LogP contribution >= 0.6 is 23.2 Å². The van der Waals surface area contributed by atoms with Crippen molar-refractivity contribution in [2.45, 2.75) is 19.4 Å². The van der Waals surface area contributed by atoms with Gasteiger partial charge in [0.05, 0.1) is 17.1 Å². The van der Waals surface area contributed by atoms with Gasteiger partial charge in [0.1, 0.15) is 23.0 Å². The number of imidazole rings is 1. The van der Waals surface area contributed by atoms with Crippen molar-refractivity contribution in [3.8, 4) is 5.75 Å². The summed E-state index contributed by atoms with van der Waals surface area (Å²) < 4.78 is 5.85. The molecule has 0 bridgehead atoms. The molecule has 0 atom stereocenters. The Morgan fingerprint density at radius 2 is 2.10 bits per heavy atom. The van der Waals surface area contributed by atoms with E-state index in [2.05, 4.69) is 22.1 Å². The van der Waals surface area contributed by atoms with Gasteiger partial charge in [-0.3, -0.25) is 0 Å². The van der Waals surface area contributed by atoms with Gasteiger partial charge in [-0.2, -0.15) is 0 Å². The Morgan fingerprint density at radius 1 is 1.35 bits per heavy atom. The highest BCUT2D eigenvalue weighted by atomic mass is 35.5. The van der Waals surface area contributed by atoms with Crippen molar-refractivity contribution in [2.24, 2.45) is 5.92 Å². The molecular weight excluding hydrogens is 299 g/mol. The molecule has 0 amide bonds. The summed E-state index contributed by atoms with van der Waals surface area (Å²) in [6.45, 7) is 0.402. The number of nitrogens with one attached hydrogen (secondary N) is 1. The topological polar surface area (TPSA) is 58.1 Å². The second-order valence-corrected chi connectivity index (χ2v) is 5.64. The summed E-state index contributed by atoms with van der Waals surface area (Å²) in [6, 6.07) is 1.69. The lowest BCUT2D eigenvalue weighted by atomic mass is 10.1. The molecule has 1 aromatic carbocycles. The second-order valence-electron chi connectivity index (χ2n) is 4.86. The molecule has 0 fully saturated rings. The average Bonchev–Trinajstić information content (AvgIpc) is 3.08. The lowest BCUT2D eigenvalue weighted by Crippen LogP contribution is -2.09. The molecule has 1 aliphatic carbocycles. The Hall–Kier alpha value is -1.23. The number of fused-ring (bicyclic) bond motifs is 1. The molecule has 0 spiro atoms. The van der Waals surface area contributed by atoms with Gasteiger partial charge in [-0.05, 0) is 24.8 Å². The molecular formula is C14H14Cl2N2O2. The summed E-state index contributed by atoms with van der Waals surface area (Å²) in [6.07, 6.45) is 6.34. The molecule has 0 saturated carbocycles. The molecule has 20 heavy (non-hydrogen) atoms. The van der Waals surface area contributed by atoms with E-state index in [-0.39, 0.29) is 6.61 Å². The van der Waals surface area contributed by atoms with E-state index in [1.165, 1.54) is 0 Å². The number of rotatable bonds is 4. The molecule has 2 aromatic rings. The molecule has 0 unspecified atom stereocenters. The maximum absolute atomic E-state index is 9.16. The SMILES string of the molecule is OCc1nc2c(OCC3CC=CC3)c(Cl)c(Cl)cc2[nH]1. The van der Waals surface area contributed by atoms with Gasteiger partial charge in [0.15, 0.2) is 5.75 Å². The van der Waals surface area contributed by atoms with E-state index in [1.54, 1.807) is 6.07 Å². The smallest absolute Gasteiger partial charge is 0.167 e. The number of hydrogen-bond acceptors (Lipinski definition) is 3. The maximum atomic E-state index is 9.16. The first kappa shape index (κ1) is 13.7. The molecule has 3 rings (SSSR count). The third kappa shape index (κ3) is 2.51. The molecule has 1 heterocycles. The molecule has 0 radical (unpaired) electrons. The molecule has 0 aliphatic heterocycles.